The predicted molar refractivity (Wildman–Crippen MR) is 197 cm³/mol. The fourth-order valence-corrected chi connectivity index (χ4v) is 6.74. The molecule has 0 bridgehead atoms. The largest absolute Gasteiger partial charge is 0.480 e. The maximum atomic E-state index is 14.3. The summed E-state index contributed by atoms with van der Waals surface area (Å²) >= 11 is 14.1. The molecule has 17 nitrogen and oxygen atoms in total. The minimum absolute atomic E-state index is 0.0352. The number of nitrogen functional groups attached to an aromatic ring is 1. The number of halogens is 3. The summed E-state index contributed by atoms with van der Waals surface area (Å²) in [5, 5.41) is 21.0. The molecule has 0 atom stereocenters. The van der Waals surface area contributed by atoms with Gasteiger partial charge in [-0.1, -0.05) is 41.4 Å². The molecule has 5 rings (SSSR count). The molecule has 0 aliphatic carbocycles. The Morgan fingerprint density at radius 1 is 1.15 bits per heavy atom. The predicted octanol–water partition coefficient (Wildman–Crippen LogP) is 5.21. The molecular formula is C30H32Cl2FN6O11PS2. The topological polar surface area (TPSA) is 251 Å². The van der Waals surface area contributed by atoms with Crippen LogP contribution in [-0.2, 0) is 32.0 Å². The minimum Gasteiger partial charge on any atom is -0.480 e. The third-order valence-corrected chi connectivity index (χ3v) is 9.91. The number of benzene rings is 3. The summed E-state index contributed by atoms with van der Waals surface area (Å²) in [5.41, 5.74) is 5.33. The van der Waals surface area contributed by atoms with E-state index in [1.165, 1.54) is 25.3 Å². The van der Waals surface area contributed by atoms with E-state index < -0.39 is 43.1 Å². The van der Waals surface area contributed by atoms with Gasteiger partial charge in [-0.3, -0.25) is 39.1 Å². The first-order valence-corrected chi connectivity index (χ1v) is 19.3. The van der Waals surface area contributed by atoms with Gasteiger partial charge in [0.25, 0.3) is 5.69 Å². The van der Waals surface area contributed by atoms with Crippen LogP contribution in [0.15, 0.2) is 69.3 Å². The van der Waals surface area contributed by atoms with Crippen LogP contribution in [0.4, 0.5) is 21.5 Å². The van der Waals surface area contributed by atoms with E-state index in [1.54, 1.807) is 33.6 Å². The van der Waals surface area contributed by atoms with Gasteiger partial charge in [0.1, 0.15) is 33.7 Å². The van der Waals surface area contributed by atoms with Gasteiger partial charge in [-0.25, -0.2) is 14.1 Å². The highest BCUT2D eigenvalue weighted by molar-refractivity contribution is 8.00. The number of nitro groups is 1. The molecule has 0 fully saturated rings. The molecule has 0 saturated carbocycles. The third-order valence-electron chi connectivity index (χ3n) is 6.57. The highest BCUT2D eigenvalue weighted by atomic mass is 35.5. The second-order valence-corrected chi connectivity index (χ2v) is 14.8. The fourth-order valence-electron chi connectivity index (χ4n) is 4.16. The standard InChI is InChI=1S/C15H15ClFN3O3S2.C12H9ClN2O3.C3H8NO5P/c1-23-13(21)8-24-12-7-11(10(17)6-9(12)16)18-14-19-4-2-3-5-20(19)15(22)25-14;13-11-10(18-8-4-2-1-3-5-8)7-6-9(12(11)14)15(16)17;5-3(6)1-4-2-10(7,8)9/h6-7H,2-5,8H2,1H3;1-7H,14H2;4H,1-2H2,(H,5,6)(H2,7,8,9). The van der Waals surface area contributed by atoms with Crippen LogP contribution in [0.2, 0.25) is 10.0 Å². The number of thioether (sulfide) groups is 1. The lowest BCUT2D eigenvalue weighted by Crippen LogP contribution is -2.31. The van der Waals surface area contributed by atoms with Crippen molar-refractivity contribution in [3.63, 3.8) is 0 Å². The number of esters is 1. The summed E-state index contributed by atoms with van der Waals surface area (Å²) in [7, 11) is -2.80. The molecule has 0 spiro atoms. The zero-order valence-electron chi connectivity index (χ0n) is 27.5. The number of rotatable bonds is 11. The summed E-state index contributed by atoms with van der Waals surface area (Å²) in [6.07, 6.45) is 1.30. The first kappa shape index (κ1) is 43.1. The molecule has 23 heteroatoms. The Morgan fingerprint density at radius 3 is 2.42 bits per heavy atom. The number of nitrogens with zero attached hydrogens (tertiary/aromatic N) is 4. The summed E-state index contributed by atoms with van der Waals surface area (Å²) in [6, 6.07) is 14.3. The maximum Gasteiger partial charge on any atom is 0.339 e. The Labute approximate surface area is 318 Å². The van der Waals surface area contributed by atoms with Crippen molar-refractivity contribution in [1.82, 2.24) is 14.7 Å². The van der Waals surface area contributed by atoms with Gasteiger partial charge < -0.3 is 30.1 Å². The Hall–Kier alpha value is -4.27. The van der Waals surface area contributed by atoms with Crippen molar-refractivity contribution >= 4 is 82.9 Å². The number of aromatic nitrogens is 2. The van der Waals surface area contributed by atoms with Crippen LogP contribution in [0.1, 0.15) is 12.8 Å². The van der Waals surface area contributed by atoms with Gasteiger partial charge in [0.2, 0.25) is 4.80 Å². The number of anilines is 1. The molecular weight excluding hydrogens is 805 g/mol. The molecule has 4 aromatic rings. The number of aliphatic carboxylic acids is 1. The lowest BCUT2D eigenvalue weighted by atomic mass is 10.2. The van der Waals surface area contributed by atoms with Crippen molar-refractivity contribution in [3.8, 4) is 11.5 Å². The second-order valence-electron chi connectivity index (χ2n) is 10.4. The average Bonchev–Trinajstić information content (AvgIpc) is 3.42. The Kier molecular flexibility index (Phi) is 16.5. The number of nitrogens with two attached hydrogens (primary N) is 1. The summed E-state index contributed by atoms with van der Waals surface area (Å²) in [6.45, 7) is 0.885. The summed E-state index contributed by atoms with van der Waals surface area (Å²) in [4.78, 5) is 64.7. The quantitative estimate of drug-likeness (QED) is 0.0325. The van der Waals surface area contributed by atoms with E-state index in [0.717, 1.165) is 42.0 Å². The number of nitro benzene ring substituents is 1. The number of carbonyl (C=O) groups excluding carboxylic acids is 1. The lowest BCUT2D eigenvalue weighted by molar-refractivity contribution is -0.383. The number of carboxylic acid groups (broad SMARTS) is 1. The van der Waals surface area contributed by atoms with Gasteiger partial charge >= 0.3 is 24.4 Å². The van der Waals surface area contributed by atoms with Crippen LogP contribution in [0.3, 0.4) is 0 Å². The van der Waals surface area contributed by atoms with E-state index >= 15 is 0 Å². The normalized spacial score (nSPS) is 12.4. The van der Waals surface area contributed by atoms with E-state index in [1.807, 2.05) is 6.07 Å². The smallest absolute Gasteiger partial charge is 0.339 e. The zero-order chi connectivity index (χ0) is 39.3. The van der Waals surface area contributed by atoms with Gasteiger partial charge in [0.15, 0.2) is 0 Å². The molecule has 3 aromatic carbocycles. The second kappa shape index (κ2) is 20.3. The van der Waals surface area contributed by atoms with Gasteiger partial charge in [-0.15, -0.1) is 11.8 Å². The summed E-state index contributed by atoms with van der Waals surface area (Å²) < 4.78 is 37.8. The van der Waals surface area contributed by atoms with Crippen molar-refractivity contribution in [1.29, 1.82) is 0 Å². The van der Waals surface area contributed by atoms with E-state index in [0.29, 0.717) is 28.5 Å². The Bertz CT molecular complexity index is 2110. The monoisotopic (exact) mass is 836 g/mol. The number of methoxy groups -OCH3 is 1. The van der Waals surface area contributed by atoms with Crippen molar-refractivity contribution < 1.29 is 47.8 Å². The van der Waals surface area contributed by atoms with E-state index in [4.69, 9.17) is 48.6 Å². The van der Waals surface area contributed by atoms with E-state index in [-0.39, 0.29) is 43.5 Å². The molecule has 53 heavy (non-hydrogen) atoms. The van der Waals surface area contributed by atoms with Crippen molar-refractivity contribution in [2.75, 3.05) is 31.4 Å². The molecule has 286 valence electrons. The van der Waals surface area contributed by atoms with Gasteiger partial charge in [0, 0.05) is 24.1 Å². The van der Waals surface area contributed by atoms with Crippen LogP contribution >= 0.6 is 53.9 Å². The number of ether oxygens (including phenoxy) is 2. The van der Waals surface area contributed by atoms with E-state index in [2.05, 4.69) is 15.0 Å². The fraction of sp³-hybridized carbons (Fsp3) is 0.267. The summed E-state index contributed by atoms with van der Waals surface area (Å²) in [5.74, 6) is -1.21. The number of carbonyl (C=O) groups is 2. The molecule has 0 amide bonds. The number of hydrogen-bond acceptors (Lipinski definition) is 13. The van der Waals surface area contributed by atoms with Crippen molar-refractivity contribution in [2.24, 2.45) is 4.99 Å². The maximum absolute atomic E-state index is 14.3. The van der Waals surface area contributed by atoms with E-state index in [9.17, 15) is 33.5 Å². The zero-order valence-corrected chi connectivity index (χ0v) is 31.6. The number of nitrogens with one attached hydrogen (secondary N) is 1. The van der Waals surface area contributed by atoms with Gasteiger partial charge in [0.05, 0.1) is 35.6 Å². The molecule has 1 aromatic heterocycles. The number of para-hydroxylation sites is 1. The highest BCUT2D eigenvalue weighted by Crippen LogP contribution is 2.39. The van der Waals surface area contributed by atoms with Gasteiger partial charge in [-0.2, -0.15) is 0 Å². The Morgan fingerprint density at radius 2 is 1.81 bits per heavy atom. The Balaban J connectivity index is 0.000000236. The SMILES string of the molecule is COC(=O)CSc1cc(N=c2sc(=O)n3n2CCCC3)c(F)cc1Cl.Nc1c([N+](=O)[O-])ccc(Oc2ccccc2)c1Cl.O=C(O)CNCP(=O)(O)O. The first-order chi connectivity index (χ1) is 25.0. The molecule has 0 saturated heterocycles. The molecule has 0 radical (unpaired) electrons. The number of fused-ring (bicyclic) bond motifs is 1. The van der Waals surface area contributed by atoms with Crippen LogP contribution in [0.25, 0.3) is 0 Å². The molecule has 0 unspecified atom stereocenters. The minimum atomic E-state index is -4.10. The van der Waals surface area contributed by atoms with Crippen LogP contribution in [-0.4, -0.2) is 66.8 Å². The van der Waals surface area contributed by atoms with Crippen LogP contribution < -0.4 is 25.5 Å². The highest BCUT2D eigenvalue weighted by Gasteiger charge is 2.19. The molecule has 1 aliphatic rings. The number of carboxylic acids is 1. The molecule has 1 aliphatic heterocycles. The average molecular weight is 838 g/mol. The van der Waals surface area contributed by atoms with Crippen molar-refractivity contribution in [2.45, 2.75) is 30.8 Å². The third kappa shape index (κ3) is 13.6. The van der Waals surface area contributed by atoms with Crippen LogP contribution in [0.5, 0.6) is 11.5 Å². The van der Waals surface area contributed by atoms with Gasteiger partial charge in [-0.05, 0) is 54.5 Å². The van der Waals surface area contributed by atoms with Crippen molar-refractivity contribution in [3.05, 3.63) is 95.0 Å². The first-order valence-electron chi connectivity index (χ1n) is 15.0. The molecule has 6 N–H and O–H groups in total. The lowest BCUT2D eigenvalue weighted by Gasteiger charge is -2.15. The van der Waals surface area contributed by atoms with Crippen LogP contribution in [0, 0.1) is 15.9 Å². The molecule has 2 heterocycles. The number of hydrogen-bond donors (Lipinski definition) is 5.